The predicted molar refractivity (Wildman–Crippen MR) is 58.0 cm³/mol. The van der Waals surface area contributed by atoms with E-state index in [-0.39, 0.29) is 6.04 Å². The number of halogens is 1. The fraction of sp³-hybridized carbons (Fsp3) is 0.455. The van der Waals surface area contributed by atoms with Crippen LogP contribution in [-0.4, -0.2) is 0 Å². The van der Waals surface area contributed by atoms with Crippen molar-refractivity contribution in [2.45, 2.75) is 32.7 Å². The normalized spacial score (nSPS) is 12.9. The van der Waals surface area contributed by atoms with Gasteiger partial charge in [-0.1, -0.05) is 31.0 Å². The van der Waals surface area contributed by atoms with Gasteiger partial charge in [-0.3, -0.25) is 0 Å². The predicted octanol–water partition coefficient (Wildman–Crippen LogP) is 3.45. The lowest BCUT2D eigenvalue weighted by atomic mass is 10.0. The molecule has 1 aromatic rings. The molecule has 2 heteroatoms. The molecule has 1 nitrogen and oxygen atoms in total. The summed E-state index contributed by atoms with van der Waals surface area (Å²) >= 11 is 5.94. The van der Waals surface area contributed by atoms with E-state index in [1.54, 1.807) is 0 Å². The highest BCUT2D eigenvalue weighted by Crippen LogP contribution is 2.21. The summed E-state index contributed by atoms with van der Waals surface area (Å²) in [5, 5.41) is 0.779. The first kappa shape index (κ1) is 10.6. The van der Waals surface area contributed by atoms with Crippen molar-refractivity contribution < 1.29 is 0 Å². The van der Waals surface area contributed by atoms with Crippen LogP contribution in [0.5, 0.6) is 0 Å². The Morgan fingerprint density at radius 2 is 2.08 bits per heavy atom. The Balaban J connectivity index is 2.87. The maximum atomic E-state index is 5.98. The number of nitrogens with two attached hydrogens (primary N) is 1. The lowest BCUT2D eigenvalue weighted by molar-refractivity contribution is 0.638. The van der Waals surface area contributed by atoms with Crippen molar-refractivity contribution in [3.8, 4) is 0 Å². The summed E-state index contributed by atoms with van der Waals surface area (Å²) in [6.45, 7) is 4.17. The van der Waals surface area contributed by atoms with Gasteiger partial charge in [-0.05, 0) is 36.6 Å². The van der Waals surface area contributed by atoms with E-state index >= 15 is 0 Å². The van der Waals surface area contributed by atoms with Crippen LogP contribution in [0.25, 0.3) is 0 Å². The van der Waals surface area contributed by atoms with E-state index in [0.29, 0.717) is 0 Å². The lowest BCUT2D eigenvalue weighted by Crippen LogP contribution is -2.09. The minimum atomic E-state index is 0.127. The molecule has 0 aliphatic rings. The van der Waals surface area contributed by atoms with E-state index in [0.717, 1.165) is 23.4 Å². The van der Waals surface area contributed by atoms with Crippen molar-refractivity contribution in [3.63, 3.8) is 0 Å². The Hall–Kier alpha value is -0.530. The summed E-state index contributed by atoms with van der Waals surface area (Å²) in [6.07, 6.45) is 2.12. The van der Waals surface area contributed by atoms with Gasteiger partial charge in [0.15, 0.2) is 0 Å². The van der Waals surface area contributed by atoms with Crippen LogP contribution in [-0.2, 0) is 0 Å². The minimum Gasteiger partial charge on any atom is -0.324 e. The van der Waals surface area contributed by atoms with Gasteiger partial charge >= 0.3 is 0 Å². The summed E-state index contributed by atoms with van der Waals surface area (Å²) in [4.78, 5) is 0. The second kappa shape index (κ2) is 4.64. The topological polar surface area (TPSA) is 26.0 Å². The summed E-state index contributed by atoms with van der Waals surface area (Å²) in [6, 6.07) is 6.13. The van der Waals surface area contributed by atoms with Crippen LogP contribution in [0.2, 0.25) is 5.02 Å². The fourth-order valence-electron chi connectivity index (χ4n) is 1.46. The summed E-state index contributed by atoms with van der Waals surface area (Å²) in [5.41, 5.74) is 8.30. The molecule has 0 saturated carbocycles. The van der Waals surface area contributed by atoms with Crippen LogP contribution in [0.3, 0.4) is 0 Å². The zero-order valence-corrected chi connectivity index (χ0v) is 8.93. The molecule has 0 aromatic heterocycles. The zero-order valence-electron chi connectivity index (χ0n) is 8.18. The Bertz CT molecular complexity index is 263. The molecule has 0 saturated heterocycles. The van der Waals surface area contributed by atoms with Crippen molar-refractivity contribution in [2.75, 3.05) is 0 Å². The first-order valence-corrected chi connectivity index (χ1v) is 5.04. The largest absolute Gasteiger partial charge is 0.324 e. The highest BCUT2D eigenvalue weighted by molar-refractivity contribution is 6.30. The van der Waals surface area contributed by atoms with Gasteiger partial charge in [-0.2, -0.15) is 0 Å². The second-order valence-electron chi connectivity index (χ2n) is 3.46. The van der Waals surface area contributed by atoms with Crippen LogP contribution in [0.15, 0.2) is 18.2 Å². The van der Waals surface area contributed by atoms with E-state index in [4.69, 9.17) is 17.3 Å². The van der Waals surface area contributed by atoms with E-state index < -0.39 is 0 Å². The third-order valence-corrected chi connectivity index (χ3v) is 2.31. The molecule has 1 atom stereocenters. The molecule has 1 rings (SSSR count). The third-order valence-electron chi connectivity index (χ3n) is 2.09. The number of aryl methyl sites for hydroxylation is 1. The first-order chi connectivity index (χ1) is 6.13. The van der Waals surface area contributed by atoms with Crippen molar-refractivity contribution >= 4 is 11.6 Å². The van der Waals surface area contributed by atoms with Crippen LogP contribution >= 0.6 is 11.6 Å². The highest BCUT2D eigenvalue weighted by Gasteiger charge is 2.05. The number of hydrogen-bond acceptors (Lipinski definition) is 1. The SMILES string of the molecule is CCCC(N)c1cc(C)cc(Cl)c1. The molecule has 0 aliphatic heterocycles. The Labute approximate surface area is 84.9 Å². The Morgan fingerprint density at radius 3 is 2.62 bits per heavy atom. The molecule has 2 N–H and O–H groups in total. The molecule has 1 aromatic carbocycles. The summed E-state index contributed by atoms with van der Waals surface area (Å²) in [7, 11) is 0. The Morgan fingerprint density at radius 1 is 1.38 bits per heavy atom. The van der Waals surface area contributed by atoms with Crippen LogP contribution < -0.4 is 5.73 Å². The first-order valence-electron chi connectivity index (χ1n) is 4.66. The van der Waals surface area contributed by atoms with Gasteiger partial charge in [0.05, 0.1) is 0 Å². The molecule has 0 bridgehead atoms. The quantitative estimate of drug-likeness (QED) is 0.790. The maximum absolute atomic E-state index is 5.98. The molecule has 0 radical (unpaired) electrons. The molecule has 0 spiro atoms. The molecule has 13 heavy (non-hydrogen) atoms. The monoisotopic (exact) mass is 197 g/mol. The van der Waals surface area contributed by atoms with Crippen LogP contribution in [0.4, 0.5) is 0 Å². The molecular weight excluding hydrogens is 182 g/mol. The zero-order chi connectivity index (χ0) is 9.84. The van der Waals surface area contributed by atoms with E-state index in [9.17, 15) is 0 Å². The number of rotatable bonds is 3. The van der Waals surface area contributed by atoms with Gasteiger partial charge in [0.25, 0.3) is 0 Å². The van der Waals surface area contributed by atoms with Gasteiger partial charge in [0.1, 0.15) is 0 Å². The van der Waals surface area contributed by atoms with Gasteiger partial charge in [0.2, 0.25) is 0 Å². The van der Waals surface area contributed by atoms with Crippen LogP contribution in [0.1, 0.15) is 36.9 Å². The van der Waals surface area contributed by atoms with E-state index in [2.05, 4.69) is 13.0 Å². The Kier molecular flexibility index (Phi) is 3.76. The van der Waals surface area contributed by atoms with Crippen molar-refractivity contribution in [1.29, 1.82) is 0 Å². The van der Waals surface area contributed by atoms with E-state index in [1.165, 1.54) is 5.56 Å². The van der Waals surface area contributed by atoms with Crippen LogP contribution in [0, 0.1) is 6.92 Å². The third kappa shape index (κ3) is 3.02. The molecule has 0 amide bonds. The minimum absolute atomic E-state index is 0.127. The molecule has 1 unspecified atom stereocenters. The van der Waals surface area contributed by atoms with Crippen molar-refractivity contribution in [1.82, 2.24) is 0 Å². The number of benzene rings is 1. The van der Waals surface area contributed by atoms with Gasteiger partial charge < -0.3 is 5.73 Å². The molecule has 0 fully saturated rings. The van der Waals surface area contributed by atoms with Gasteiger partial charge in [-0.25, -0.2) is 0 Å². The molecule has 72 valence electrons. The average Bonchev–Trinajstić information content (AvgIpc) is 2.03. The second-order valence-corrected chi connectivity index (χ2v) is 3.89. The van der Waals surface area contributed by atoms with Gasteiger partial charge in [-0.15, -0.1) is 0 Å². The van der Waals surface area contributed by atoms with Crippen molar-refractivity contribution in [3.05, 3.63) is 34.3 Å². The standard InChI is InChI=1S/C11H16ClN/c1-3-4-11(13)9-5-8(2)6-10(12)7-9/h5-7,11H,3-4,13H2,1-2H3. The average molecular weight is 198 g/mol. The van der Waals surface area contributed by atoms with E-state index in [1.807, 2.05) is 19.1 Å². The fourth-order valence-corrected chi connectivity index (χ4v) is 1.75. The molecular formula is C11H16ClN. The van der Waals surface area contributed by atoms with Gasteiger partial charge in [0, 0.05) is 11.1 Å². The van der Waals surface area contributed by atoms with Crippen molar-refractivity contribution in [2.24, 2.45) is 5.73 Å². The smallest absolute Gasteiger partial charge is 0.0411 e. The highest BCUT2D eigenvalue weighted by atomic mass is 35.5. The summed E-state index contributed by atoms with van der Waals surface area (Å²) in [5.74, 6) is 0. The number of hydrogen-bond donors (Lipinski definition) is 1. The molecule has 0 aliphatic carbocycles. The maximum Gasteiger partial charge on any atom is 0.0411 e. The lowest BCUT2D eigenvalue weighted by Gasteiger charge is -2.11. The molecule has 0 heterocycles. The summed E-state index contributed by atoms with van der Waals surface area (Å²) < 4.78 is 0.